The Balaban J connectivity index is 2.99. The number of rotatable bonds is 5. The van der Waals surface area contributed by atoms with Crippen LogP contribution >= 0.6 is 0 Å². The summed E-state index contributed by atoms with van der Waals surface area (Å²) in [4.78, 5) is 2.14. The molecule has 0 aliphatic carbocycles. The summed E-state index contributed by atoms with van der Waals surface area (Å²) < 4.78 is 0. The fourth-order valence-electron chi connectivity index (χ4n) is 1.93. The van der Waals surface area contributed by atoms with E-state index in [-0.39, 0.29) is 18.2 Å². The predicted octanol–water partition coefficient (Wildman–Crippen LogP) is 1.70. The van der Waals surface area contributed by atoms with Crippen molar-refractivity contribution >= 4 is 0 Å². The minimum absolute atomic E-state index is 0.117. The number of aryl methyl sites for hydroxylation is 1. The molecule has 0 bridgehead atoms. The van der Waals surface area contributed by atoms with Gasteiger partial charge in [-0.15, -0.1) is 0 Å². The lowest BCUT2D eigenvalue weighted by molar-refractivity contribution is 0.0470. The van der Waals surface area contributed by atoms with Gasteiger partial charge in [0.05, 0.1) is 6.61 Å². The summed E-state index contributed by atoms with van der Waals surface area (Å²) in [6, 6.07) is 8.51. The topological polar surface area (TPSA) is 49.5 Å². The molecule has 3 N–H and O–H groups in total. The zero-order valence-corrected chi connectivity index (χ0v) is 11.3. The van der Waals surface area contributed by atoms with Gasteiger partial charge in [-0.1, -0.05) is 29.8 Å². The van der Waals surface area contributed by atoms with Crippen molar-refractivity contribution in [3.63, 3.8) is 0 Å². The normalized spacial score (nSPS) is 14.1. The van der Waals surface area contributed by atoms with Gasteiger partial charge in [0.2, 0.25) is 0 Å². The van der Waals surface area contributed by atoms with Crippen LogP contribution in [-0.2, 0) is 0 Å². The number of hydrogen-bond donors (Lipinski definition) is 2. The molecule has 1 atom stereocenters. The SMILES string of the molecule is Cc1cccc(C(CN)N(C)C(C)(C)CO)c1. The number of hydrogen-bond acceptors (Lipinski definition) is 3. The number of likely N-dealkylation sites (N-methyl/N-ethyl adjacent to an activating group) is 1. The van der Waals surface area contributed by atoms with E-state index < -0.39 is 0 Å². The van der Waals surface area contributed by atoms with Gasteiger partial charge in [0.15, 0.2) is 0 Å². The largest absolute Gasteiger partial charge is 0.394 e. The van der Waals surface area contributed by atoms with Gasteiger partial charge in [-0.3, -0.25) is 4.90 Å². The molecule has 1 aromatic carbocycles. The van der Waals surface area contributed by atoms with Gasteiger partial charge in [-0.05, 0) is 33.4 Å². The summed E-state index contributed by atoms with van der Waals surface area (Å²) in [5.41, 5.74) is 8.05. The predicted molar refractivity (Wildman–Crippen MR) is 71.9 cm³/mol. The van der Waals surface area contributed by atoms with Crippen LogP contribution in [0.4, 0.5) is 0 Å². The van der Waals surface area contributed by atoms with Crippen LogP contribution in [0.3, 0.4) is 0 Å². The third kappa shape index (κ3) is 3.28. The zero-order valence-electron chi connectivity index (χ0n) is 11.3. The van der Waals surface area contributed by atoms with Gasteiger partial charge in [-0.25, -0.2) is 0 Å². The minimum Gasteiger partial charge on any atom is -0.394 e. The van der Waals surface area contributed by atoms with Crippen molar-refractivity contribution in [1.82, 2.24) is 4.90 Å². The van der Waals surface area contributed by atoms with E-state index >= 15 is 0 Å². The smallest absolute Gasteiger partial charge is 0.0610 e. The first-order valence-corrected chi connectivity index (χ1v) is 6.03. The summed E-state index contributed by atoms with van der Waals surface area (Å²) in [6.07, 6.45) is 0. The summed E-state index contributed by atoms with van der Waals surface area (Å²) in [6.45, 7) is 6.78. The van der Waals surface area contributed by atoms with E-state index in [9.17, 15) is 5.11 Å². The maximum Gasteiger partial charge on any atom is 0.0610 e. The van der Waals surface area contributed by atoms with E-state index in [1.54, 1.807) is 0 Å². The van der Waals surface area contributed by atoms with Crippen LogP contribution < -0.4 is 5.73 Å². The molecule has 0 saturated heterocycles. The highest BCUT2D eigenvalue weighted by molar-refractivity contribution is 5.25. The van der Waals surface area contributed by atoms with E-state index in [0.29, 0.717) is 6.54 Å². The number of aliphatic hydroxyl groups excluding tert-OH is 1. The van der Waals surface area contributed by atoms with E-state index in [2.05, 4.69) is 30.0 Å². The molecular formula is C14H24N2O. The van der Waals surface area contributed by atoms with Crippen LogP contribution in [0.1, 0.15) is 31.0 Å². The molecule has 0 fully saturated rings. The van der Waals surface area contributed by atoms with Gasteiger partial charge >= 0.3 is 0 Å². The lowest BCUT2D eigenvalue weighted by Gasteiger charge is -2.39. The van der Waals surface area contributed by atoms with E-state index in [0.717, 1.165) is 0 Å². The van der Waals surface area contributed by atoms with Crippen LogP contribution in [0.25, 0.3) is 0 Å². The van der Waals surface area contributed by atoms with Crippen LogP contribution in [-0.4, -0.2) is 35.7 Å². The van der Waals surface area contributed by atoms with Crippen molar-refractivity contribution in [2.45, 2.75) is 32.4 Å². The zero-order chi connectivity index (χ0) is 13.1. The van der Waals surface area contributed by atoms with E-state index in [1.807, 2.05) is 27.0 Å². The Kier molecular flexibility index (Phi) is 4.69. The first kappa shape index (κ1) is 14.2. The summed E-state index contributed by atoms with van der Waals surface area (Å²) >= 11 is 0. The Morgan fingerprint density at radius 1 is 1.41 bits per heavy atom. The molecule has 3 heteroatoms. The molecule has 0 heterocycles. The standard InChI is InChI=1S/C14H24N2O/c1-11-6-5-7-12(8-11)13(9-15)16(4)14(2,3)10-17/h5-8,13,17H,9-10,15H2,1-4H3. The number of nitrogens with two attached hydrogens (primary N) is 1. The van der Waals surface area contributed by atoms with Crippen LogP contribution in [0.5, 0.6) is 0 Å². The highest BCUT2D eigenvalue weighted by Gasteiger charge is 2.28. The van der Waals surface area contributed by atoms with Crippen LogP contribution in [0, 0.1) is 6.92 Å². The van der Waals surface area contributed by atoms with Crippen LogP contribution in [0.2, 0.25) is 0 Å². The highest BCUT2D eigenvalue weighted by Crippen LogP contribution is 2.26. The lowest BCUT2D eigenvalue weighted by Crippen LogP contribution is -2.48. The van der Waals surface area contributed by atoms with Gasteiger partial charge in [0, 0.05) is 18.1 Å². The molecule has 1 rings (SSSR count). The molecule has 0 saturated carbocycles. The fraction of sp³-hybridized carbons (Fsp3) is 0.571. The van der Waals surface area contributed by atoms with Crippen molar-refractivity contribution < 1.29 is 5.11 Å². The number of aliphatic hydroxyl groups is 1. The molecule has 0 aromatic heterocycles. The molecular weight excluding hydrogens is 212 g/mol. The molecule has 0 aliphatic heterocycles. The van der Waals surface area contributed by atoms with Crippen molar-refractivity contribution in [2.75, 3.05) is 20.2 Å². The highest BCUT2D eigenvalue weighted by atomic mass is 16.3. The number of benzene rings is 1. The molecule has 1 unspecified atom stereocenters. The Morgan fingerprint density at radius 2 is 2.06 bits per heavy atom. The van der Waals surface area contributed by atoms with Gasteiger partial charge in [0.1, 0.15) is 0 Å². The number of nitrogens with zero attached hydrogens (tertiary/aromatic N) is 1. The average Bonchev–Trinajstić information content (AvgIpc) is 2.30. The second-order valence-corrected chi connectivity index (χ2v) is 5.25. The quantitative estimate of drug-likeness (QED) is 0.818. The summed E-state index contributed by atoms with van der Waals surface area (Å²) in [7, 11) is 2.01. The van der Waals surface area contributed by atoms with Crippen molar-refractivity contribution in [2.24, 2.45) is 5.73 Å². The molecule has 0 radical (unpaired) electrons. The first-order chi connectivity index (χ1) is 7.92. The summed E-state index contributed by atoms with van der Waals surface area (Å²) in [5, 5.41) is 9.43. The van der Waals surface area contributed by atoms with E-state index in [1.165, 1.54) is 11.1 Å². The molecule has 0 aliphatic rings. The Labute approximate surface area is 104 Å². The summed E-state index contributed by atoms with van der Waals surface area (Å²) in [5.74, 6) is 0. The Bertz CT molecular complexity index is 363. The lowest BCUT2D eigenvalue weighted by atomic mass is 9.97. The van der Waals surface area contributed by atoms with Gasteiger partial charge in [-0.2, -0.15) is 0 Å². The molecule has 96 valence electrons. The third-order valence-electron chi connectivity index (χ3n) is 3.46. The fourth-order valence-corrected chi connectivity index (χ4v) is 1.93. The second-order valence-electron chi connectivity index (χ2n) is 5.25. The monoisotopic (exact) mass is 236 g/mol. The maximum atomic E-state index is 9.43. The van der Waals surface area contributed by atoms with Crippen molar-refractivity contribution in [3.8, 4) is 0 Å². The average molecular weight is 236 g/mol. The van der Waals surface area contributed by atoms with Crippen molar-refractivity contribution in [3.05, 3.63) is 35.4 Å². The molecule has 0 amide bonds. The van der Waals surface area contributed by atoms with Gasteiger partial charge < -0.3 is 10.8 Å². The molecule has 3 nitrogen and oxygen atoms in total. The second kappa shape index (κ2) is 5.63. The Hall–Kier alpha value is -0.900. The van der Waals surface area contributed by atoms with Crippen molar-refractivity contribution in [1.29, 1.82) is 0 Å². The Morgan fingerprint density at radius 3 is 2.53 bits per heavy atom. The third-order valence-corrected chi connectivity index (χ3v) is 3.46. The molecule has 1 aromatic rings. The minimum atomic E-state index is -0.270. The molecule has 0 spiro atoms. The maximum absolute atomic E-state index is 9.43. The first-order valence-electron chi connectivity index (χ1n) is 6.03. The van der Waals surface area contributed by atoms with E-state index in [4.69, 9.17) is 5.73 Å². The molecule has 17 heavy (non-hydrogen) atoms. The van der Waals surface area contributed by atoms with Gasteiger partial charge in [0.25, 0.3) is 0 Å². The van der Waals surface area contributed by atoms with Crippen LogP contribution in [0.15, 0.2) is 24.3 Å².